The van der Waals surface area contributed by atoms with Crippen LogP contribution >= 0.6 is 11.3 Å². The number of fused-ring (bicyclic) bond motifs is 1. The van der Waals surface area contributed by atoms with Crippen LogP contribution in [-0.2, 0) is 11.2 Å². The molecule has 1 aromatic heterocycles. The predicted molar refractivity (Wildman–Crippen MR) is 127 cm³/mol. The van der Waals surface area contributed by atoms with E-state index in [-0.39, 0.29) is 42.8 Å². The first kappa shape index (κ1) is 23.0. The van der Waals surface area contributed by atoms with Gasteiger partial charge in [-0.2, -0.15) is 0 Å². The number of hydrogen-bond donors (Lipinski definition) is 0. The average molecular weight is 467 g/mol. The van der Waals surface area contributed by atoms with Crippen LogP contribution in [-0.4, -0.2) is 47.4 Å². The van der Waals surface area contributed by atoms with Crippen molar-refractivity contribution in [1.29, 1.82) is 0 Å². The Morgan fingerprint density at radius 3 is 2.58 bits per heavy atom. The van der Waals surface area contributed by atoms with E-state index in [1.54, 1.807) is 51.5 Å². The molecule has 7 heteroatoms. The number of carbonyl (C=O) groups excluding carboxylic acids is 2. The smallest absolute Gasteiger partial charge is 0.254 e. The number of ether oxygens (including phenoxy) is 1. The molecule has 1 aliphatic rings. The molecule has 0 radical (unpaired) electrons. The van der Waals surface area contributed by atoms with Gasteiger partial charge in [-0.1, -0.05) is 30.3 Å². The molecule has 0 fully saturated rings. The molecular formula is C26H27FN2O3S. The number of rotatable bonds is 7. The van der Waals surface area contributed by atoms with Gasteiger partial charge < -0.3 is 14.5 Å². The first-order chi connectivity index (χ1) is 16.0. The van der Waals surface area contributed by atoms with E-state index in [1.165, 1.54) is 10.9 Å². The van der Waals surface area contributed by atoms with Gasteiger partial charge in [0.15, 0.2) is 11.6 Å². The maximum absolute atomic E-state index is 14.1. The van der Waals surface area contributed by atoms with Crippen molar-refractivity contribution in [3.63, 3.8) is 0 Å². The molecule has 33 heavy (non-hydrogen) atoms. The number of halogens is 1. The van der Waals surface area contributed by atoms with E-state index in [1.807, 2.05) is 43.5 Å². The van der Waals surface area contributed by atoms with E-state index in [2.05, 4.69) is 0 Å². The second-order valence-corrected chi connectivity index (χ2v) is 9.29. The summed E-state index contributed by atoms with van der Waals surface area (Å²) in [6.45, 7) is 4.45. The highest BCUT2D eigenvalue weighted by atomic mass is 32.1. The molecule has 5 nitrogen and oxygen atoms in total. The van der Waals surface area contributed by atoms with Crippen LogP contribution in [0.5, 0.6) is 5.75 Å². The largest absolute Gasteiger partial charge is 0.488 e. The SMILES string of the molecule is CC(C)N(CC(=O)N1CCc2sccc2C1COc1ccccc1F)C(=O)c1ccccc1. The van der Waals surface area contributed by atoms with E-state index in [0.717, 1.165) is 12.0 Å². The third-order valence-electron chi connectivity index (χ3n) is 5.86. The lowest BCUT2D eigenvalue weighted by atomic mass is 10.00. The molecular weight excluding hydrogens is 439 g/mol. The van der Waals surface area contributed by atoms with Crippen LogP contribution < -0.4 is 4.74 Å². The van der Waals surface area contributed by atoms with E-state index in [4.69, 9.17) is 4.74 Å². The van der Waals surface area contributed by atoms with Gasteiger partial charge in [0, 0.05) is 23.0 Å². The van der Waals surface area contributed by atoms with Crippen molar-refractivity contribution in [3.05, 3.63) is 87.9 Å². The number of nitrogens with zero attached hydrogens (tertiary/aromatic N) is 2. The Kier molecular flexibility index (Phi) is 7.08. The molecule has 1 aliphatic heterocycles. The summed E-state index contributed by atoms with van der Waals surface area (Å²) in [6, 6.07) is 16.8. The molecule has 4 rings (SSSR count). The van der Waals surface area contributed by atoms with Crippen molar-refractivity contribution in [2.24, 2.45) is 0 Å². The Balaban J connectivity index is 1.54. The summed E-state index contributed by atoms with van der Waals surface area (Å²) in [5.41, 5.74) is 1.58. The normalized spacial score (nSPS) is 15.3. The zero-order valence-electron chi connectivity index (χ0n) is 18.7. The van der Waals surface area contributed by atoms with Gasteiger partial charge in [-0.15, -0.1) is 11.3 Å². The number of para-hydroxylation sites is 1. The molecule has 0 N–H and O–H groups in total. The predicted octanol–water partition coefficient (Wildman–Crippen LogP) is 4.94. The van der Waals surface area contributed by atoms with Crippen molar-refractivity contribution in [1.82, 2.24) is 9.80 Å². The Morgan fingerprint density at radius 2 is 1.85 bits per heavy atom. The van der Waals surface area contributed by atoms with Gasteiger partial charge in [0.1, 0.15) is 13.2 Å². The highest BCUT2D eigenvalue weighted by molar-refractivity contribution is 7.10. The molecule has 2 aromatic carbocycles. The summed E-state index contributed by atoms with van der Waals surface area (Å²) in [4.78, 5) is 31.1. The third-order valence-corrected chi connectivity index (χ3v) is 6.86. The fourth-order valence-corrected chi connectivity index (χ4v) is 5.01. The van der Waals surface area contributed by atoms with Crippen molar-refractivity contribution in [2.45, 2.75) is 32.4 Å². The lowest BCUT2D eigenvalue weighted by Crippen LogP contribution is -2.49. The first-order valence-electron chi connectivity index (χ1n) is 11.0. The zero-order chi connectivity index (χ0) is 23.4. The molecule has 0 spiro atoms. The van der Waals surface area contributed by atoms with Crippen LogP contribution in [0.2, 0.25) is 0 Å². The summed E-state index contributed by atoms with van der Waals surface area (Å²) in [6.07, 6.45) is 0.753. The van der Waals surface area contributed by atoms with Gasteiger partial charge >= 0.3 is 0 Å². The summed E-state index contributed by atoms with van der Waals surface area (Å²) < 4.78 is 19.9. The molecule has 3 aromatic rings. The Labute approximate surface area is 197 Å². The first-order valence-corrected chi connectivity index (χ1v) is 11.9. The topological polar surface area (TPSA) is 49.9 Å². The molecule has 0 saturated heterocycles. The highest BCUT2D eigenvalue weighted by Crippen LogP contribution is 2.34. The van der Waals surface area contributed by atoms with Crippen LogP contribution in [0.25, 0.3) is 0 Å². The lowest BCUT2D eigenvalue weighted by Gasteiger charge is -2.37. The monoisotopic (exact) mass is 466 g/mol. The third kappa shape index (κ3) is 5.09. The minimum absolute atomic E-state index is 0.0267. The fourth-order valence-electron chi connectivity index (χ4n) is 4.08. The summed E-state index contributed by atoms with van der Waals surface area (Å²) in [5, 5.41) is 2.01. The number of benzene rings is 2. The van der Waals surface area contributed by atoms with Gasteiger partial charge in [-0.25, -0.2) is 4.39 Å². The molecule has 172 valence electrons. The minimum Gasteiger partial charge on any atom is -0.488 e. The number of hydrogen-bond acceptors (Lipinski definition) is 4. The molecule has 1 atom stereocenters. The van der Waals surface area contributed by atoms with Crippen LogP contribution in [0.1, 0.15) is 40.7 Å². The van der Waals surface area contributed by atoms with Crippen molar-refractivity contribution in [3.8, 4) is 5.75 Å². The van der Waals surface area contributed by atoms with Crippen LogP contribution in [0, 0.1) is 5.82 Å². The maximum atomic E-state index is 14.1. The van der Waals surface area contributed by atoms with Crippen molar-refractivity contribution >= 4 is 23.2 Å². The van der Waals surface area contributed by atoms with Gasteiger partial charge in [0.05, 0.1) is 6.04 Å². The number of amides is 2. The summed E-state index contributed by atoms with van der Waals surface area (Å²) >= 11 is 1.66. The van der Waals surface area contributed by atoms with Crippen LogP contribution in [0.15, 0.2) is 66.0 Å². The Hall–Kier alpha value is -3.19. The molecule has 0 saturated carbocycles. The van der Waals surface area contributed by atoms with Crippen molar-refractivity contribution in [2.75, 3.05) is 19.7 Å². The minimum atomic E-state index is -0.434. The van der Waals surface area contributed by atoms with Gasteiger partial charge in [0.25, 0.3) is 5.91 Å². The quantitative estimate of drug-likeness (QED) is 0.495. The second kappa shape index (κ2) is 10.2. The second-order valence-electron chi connectivity index (χ2n) is 8.29. The molecule has 2 amide bonds. The van der Waals surface area contributed by atoms with Gasteiger partial charge in [0.2, 0.25) is 5.91 Å². The van der Waals surface area contributed by atoms with Gasteiger partial charge in [-0.3, -0.25) is 9.59 Å². The Morgan fingerprint density at radius 1 is 1.12 bits per heavy atom. The van der Waals surface area contributed by atoms with E-state index >= 15 is 0 Å². The van der Waals surface area contributed by atoms with E-state index in [9.17, 15) is 14.0 Å². The lowest BCUT2D eigenvalue weighted by molar-refractivity contribution is -0.136. The average Bonchev–Trinajstić information content (AvgIpc) is 3.31. The van der Waals surface area contributed by atoms with Crippen LogP contribution in [0.3, 0.4) is 0 Å². The molecule has 0 bridgehead atoms. The molecule has 0 aliphatic carbocycles. The van der Waals surface area contributed by atoms with Gasteiger partial charge in [-0.05, 0) is 61.5 Å². The number of carbonyl (C=O) groups is 2. The highest BCUT2D eigenvalue weighted by Gasteiger charge is 2.34. The Bertz CT molecular complexity index is 1120. The van der Waals surface area contributed by atoms with Crippen molar-refractivity contribution < 1.29 is 18.7 Å². The van der Waals surface area contributed by atoms with Crippen LogP contribution in [0.4, 0.5) is 4.39 Å². The standard InChI is InChI=1S/C26H27FN2O3S/c1-18(2)29(26(31)19-8-4-3-5-9-19)16-25(30)28-14-12-24-20(13-15-33-24)22(28)17-32-23-11-7-6-10-21(23)27/h3-11,13,15,18,22H,12,14,16-17H2,1-2H3. The molecule has 2 heterocycles. The number of thiophene rings is 1. The van der Waals surface area contributed by atoms with E-state index < -0.39 is 5.82 Å². The maximum Gasteiger partial charge on any atom is 0.254 e. The molecule has 1 unspecified atom stereocenters. The summed E-state index contributed by atoms with van der Waals surface area (Å²) in [5.74, 6) is -0.593. The summed E-state index contributed by atoms with van der Waals surface area (Å²) in [7, 11) is 0. The van der Waals surface area contributed by atoms with E-state index in [0.29, 0.717) is 12.1 Å². The fraction of sp³-hybridized carbons (Fsp3) is 0.308. The zero-order valence-corrected chi connectivity index (χ0v) is 19.6.